The minimum atomic E-state index is -0.673. The standard InChI is InChI=1S/C17H21N3O6S/c1-10-13(17(23)26-7-6-24-2)16(27-14(10)15(18)22)20-12(21)9-19-8-11-4-3-5-25-11/h3-5,19H,6-9H2,1-2H3,(H2,18,22)(H,20,21)/p+1. The van der Waals surface area contributed by atoms with Gasteiger partial charge in [0.25, 0.3) is 11.8 Å². The lowest BCUT2D eigenvalue weighted by molar-refractivity contribution is -0.661. The Labute approximate surface area is 159 Å². The maximum Gasteiger partial charge on any atom is 0.341 e. The summed E-state index contributed by atoms with van der Waals surface area (Å²) in [6.45, 7) is 2.49. The molecule has 2 heterocycles. The molecular formula is C17H22N3O6S+. The molecule has 0 atom stereocenters. The Kier molecular flexibility index (Phi) is 7.53. The second kappa shape index (κ2) is 9.86. The minimum Gasteiger partial charge on any atom is -0.463 e. The third-order valence-electron chi connectivity index (χ3n) is 3.60. The fourth-order valence-corrected chi connectivity index (χ4v) is 3.39. The fourth-order valence-electron chi connectivity index (χ4n) is 2.32. The SMILES string of the molecule is COCCOC(=O)c1c(NC(=O)C[NH2+]Cc2ccco2)sc(C(N)=O)c1C. The average Bonchev–Trinajstić information content (AvgIpc) is 3.23. The third-order valence-corrected chi connectivity index (χ3v) is 4.83. The molecule has 146 valence electrons. The van der Waals surface area contributed by atoms with Crippen molar-refractivity contribution >= 4 is 34.1 Å². The first-order chi connectivity index (χ1) is 12.9. The highest BCUT2D eigenvalue weighted by Crippen LogP contribution is 2.33. The molecule has 10 heteroatoms. The molecule has 0 aliphatic carbocycles. The van der Waals surface area contributed by atoms with Gasteiger partial charge in [-0.2, -0.15) is 0 Å². The molecule has 0 radical (unpaired) electrons. The highest BCUT2D eigenvalue weighted by atomic mass is 32.1. The molecule has 5 N–H and O–H groups in total. The lowest BCUT2D eigenvalue weighted by Crippen LogP contribution is -2.84. The van der Waals surface area contributed by atoms with Crippen LogP contribution in [0.25, 0.3) is 0 Å². The Morgan fingerprint density at radius 3 is 2.74 bits per heavy atom. The lowest BCUT2D eigenvalue weighted by Gasteiger charge is -2.07. The summed E-state index contributed by atoms with van der Waals surface area (Å²) in [7, 11) is 1.49. The summed E-state index contributed by atoms with van der Waals surface area (Å²) in [4.78, 5) is 36.4. The molecule has 2 aromatic heterocycles. The van der Waals surface area contributed by atoms with Gasteiger partial charge in [0.2, 0.25) is 0 Å². The molecule has 0 aliphatic rings. The normalized spacial score (nSPS) is 10.6. The first kappa shape index (κ1) is 20.6. The van der Waals surface area contributed by atoms with Gasteiger partial charge < -0.3 is 30.3 Å². The predicted octanol–water partition coefficient (Wildman–Crippen LogP) is 0.254. The van der Waals surface area contributed by atoms with E-state index < -0.39 is 11.9 Å². The Hall–Kier alpha value is -2.69. The summed E-state index contributed by atoms with van der Waals surface area (Å²) >= 11 is 0.950. The van der Waals surface area contributed by atoms with Crippen molar-refractivity contribution in [2.24, 2.45) is 5.73 Å². The molecule has 9 nitrogen and oxygen atoms in total. The number of nitrogens with one attached hydrogen (secondary N) is 1. The van der Waals surface area contributed by atoms with E-state index in [1.807, 2.05) is 6.07 Å². The van der Waals surface area contributed by atoms with E-state index in [9.17, 15) is 14.4 Å². The van der Waals surface area contributed by atoms with Crippen LogP contribution in [0.2, 0.25) is 0 Å². The molecule has 2 amide bonds. The quantitative estimate of drug-likeness (QED) is 0.389. The molecule has 2 rings (SSSR count). The van der Waals surface area contributed by atoms with Gasteiger partial charge in [-0.3, -0.25) is 9.59 Å². The Morgan fingerprint density at radius 1 is 1.33 bits per heavy atom. The van der Waals surface area contributed by atoms with Crippen LogP contribution in [-0.2, 0) is 20.8 Å². The number of hydrogen-bond donors (Lipinski definition) is 3. The number of ether oxygens (including phenoxy) is 2. The van der Waals surface area contributed by atoms with Gasteiger partial charge in [0, 0.05) is 7.11 Å². The van der Waals surface area contributed by atoms with E-state index in [1.54, 1.807) is 24.6 Å². The van der Waals surface area contributed by atoms with Crippen LogP contribution in [0.15, 0.2) is 22.8 Å². The summed E-state index contributed by atoms with van der Waals surface area (Å²) in [5, 5.41) is 4.64. The van der Waals surface area contributed by atoms with Crippen molar-refractivity contribution in [2.45, 2.75) is 13.5 Å². The second-order valence-electron chi connectivity index (χ2n) is 5.58. The Bertz CT molecular complexity index is 800. The third kappa shape index (κ3) is 5.64. The van der Waals surface area contributed by atoms with Gasteiger partial charge in [-0.1, -0.05) is 0 Å². The molecule has 0 aromatic carbocycles. The molecule has 27 heavy (non-hydrogen) atoms. The maximum absolute atomic E-state index is 12.4. The van der Waals surface area contributed by atoms with Gasteiger partial charge in [0.05, 0.1) is 23.3 Å². The van der Waals surface area contributed by atoms with E-state index in [0.29, 0.717) is 12.1 Å². The van der Waals surface area contributed by atoms with Gasteiger partial charge in [0.15, 0.2) is 12.3 Å². The Balaban J connectivity index is 2.06. The van der Waals surface area contributed by atoms with Crippen LogP contribution in [0.3, 0.4) is 0 Å². The van der Waals surface area contributed by atoms with Gasteiger partial charge in [-0.15, -0.1) is 11.3 Å². The number of nitrogens with two attached hydrogens (primary N) is 2. The number of amides is 2. The van der Waals surface area contributed by atoms with Crippen LogP contribution in [0.5, 0.6) is 0 Å². The van der Waals surface area contributed by atoms with Crippen LogP contribution in [-0.4, -0.2) is 44.7 Å². The average molecular weight is 396 g/mol. The maximum atomic E-state index is 12.4. The largest absolute Gasteiger partial charge is 0.463 e. The fraction of sp³-hybridized carbons (Fsp3) is 0.353. The summed E-state index contributed by atoms with van der Waals surface area (Å²) in [5.41, 5.74) is 5.86. The topological polar surface area (TPSA) is 137 Å². The van der Waals surface area contributed by atoms with Crippen molar-refractivity contribution in [3.05, 3.63) is 40.2 Å². The zero-order chi connectivity index (χ0) is 19.8. The van der Waals surface area contributed by atoms with Crippen molar-refractivity contribution in [2.75, 3.05) is 32.2 Å². The van der Waals surface area contributed by atoms with E-state index in [0.717, 1.165) is 17.1 Å². The number of anilines is 1. The number of carbonyl (C=O) groups is 3. The summed E-state index contributed by atoms with van der Waals surface area (Å²) in [6.07, 6.45) is 1.56. The molecular weight excluding hydrogens is 374 g/mol. The van der Waals surface area contributed by atoms with Gasteiger partial charge >= 0.3 is 5.97 Å². The minimum absolute atomic E-state index is 0.0564. The molecule has 0 unspecified atom stereocenters. The van der Waals surface area contributed by atoms with Crippen molar-refractivity contribution in [3.8, 4) is 0 Å². The van der Waals surface area contributed by atoms with Crippen LogP contribution in [0, 0.1) is 6.92 Å². The zero-order valence-electron chi connectivity index (χ0n) is 15.1. The summed E-state index contributed by atoms with van der Waals surface area (Å²) in [6, 6.07) is 3.58. The number of carbonyl (C=O) groups excluding carboxylic acids is 3. The molecule has 0 bridgehead atoms. The first-order valence-electron chi connectivity index (χ1n) is 8.17. The van der Waals surface area contributed by atoms with Crippen molar-refractivity contribution in [3.63, 3.8) is 0 Å². The van der Waals surface area contributed by atoms with Crippen LogP contribution < -0.4 is 16.4 Å². The summed E-state index contributed by atoms with van der Waals surface area (Å²) < 4.78 is 15.1. The molecule has 2 aromatic rings. The Morgan fingerprint density at radius 2 is 2.11 bits per heavy atom. The van der Waals surface area contributed by atoms with Crippen LogP contribution >= 0.6 is 11.3 Å². The number of methoxy groups -OCH3 is 1. The van der Waals surface area contributed by atoms with Gasteiger partial charge in [-0.25, -0.2) is 4.79 Å². The number of rotatable bonds is 10. The van der Waals surface area contributed by atoms with Crippen molar-refractivity contribution < 1.29 is 33.6 Å². The molecule has 0 fully saturated rings. The van der Waals surface area contributed by atoms with Crippen molar-refractivity contribution in [1.82, 2.24) is 0 Å². The second-order valence-corrected chi connectivity index (χ2v) is 6.60. The smallest absolute Gasteiger partial charge is 0.341 e. The number of quaternary nitrogens is 1. The summed E-state index contributed by atoms with van der Waals surface area (Å²) in [5.74, 6) is -0.908. The molecule has 0 saturated carbocycles. The van der Waals surface area contributed by atoms with E-state index in [4.69, 9.17) is 19.6 Å². The molecule has 0 aliphatic heterocycles. The molecule has 0 spiro atoms. The van der Waals surface area contributed by atoms with E-state index in [1.165, 1.54) is 7.11 Å². The van der Waals surface area contributed by atoms with Gasteiger partial charge in [-0.05, 0) is 24.6 Å². The zero-order valence-corrected chi connectivity index (χ0v) is 15.9. The highest BCUT2D eigenvalue weighted by Gasteiger charge is 2.26. The van der Waals surface area contributed by atoms with E-state index in [-0.39, 0.29) is 41.1 Å². The monoisotopic (exact) mass is 396 g/mol. The van der Waals surface area contributed by atoms with Crippen LogP contribution in [0.4, 0.5) is 5.00 Å². The number of esters is 1. The van der Waals surface area contributed by atoms with E-state index >= 15 is 0 Å². The first-order valence-corrected chi connectivity index (χ1v) is 8.98. The number of furan rings is 1. The lowest BCUT2D eigenvalue weighted by atomic mass is 10.1. The predicted molar refractivity (Wildman–Crippen MR) is 97.6 cm³/mol. The number of hydrogen-bond acceptors (Lipinski definition) is 7. The number of primary amides is 1. The molecule has 0 saturated heterocycles. The highest BCUT2D eigenvalue weighted by molar-refractivity contribution is 7.18. The number of thiophene rings is 1. The van der Waals surface area contributed by atoms with Gasteiger partial charge in [0.1, 0.15) is 18.2 Å². The van der Waals surface area contributed by atoms with Crippen molar-refractivity contribution in [1.29, 1.82) is 0 Å². The van der Waals surface area contributed by atoms with E-state index in [2.05, 4.69) is 5.32 Å². The van der Waals surface area contributed by atoms with Crippen LogP contribution in [0.1, 0.15) is 31.4 Å².